The first kappa shape index (κ1) is 16.5. The molecule has 1 heterocycles. The second-order valence-electron chi connectivity index (χ2n) is 4.76. The van der Waals surface area contributed by atoms with Crippen LogP contribution in [0.25, 0.3) is 0 Å². The molecule has 0 bridgehead atoms. The van der Waals surface area contributed by atoms with Crippen LogP contribution in [0.2, 0.25) is 0 Å². The van der Waals surface area contributed by atoms with E-state index >= 15 is 0 Å². The van der Waals surface area contributed by atoms with Crippen LogP contribution in [-0.2, 0) is 14.8 Å². The molecule has 0 saturated carbocycles. The number of sulfonamides is 1. The Morgan fingerprint density at radius 1 is 1.38 bits per heavy atom. The van der Waals surface area contributed by atoms with Gasteiger partial charge in [-0.2, -0.15) is 4.31 Å². The standard InChI is InChI=1S/C14H20ClNO4S/c1-2-12-11-19-10-8-16(12)21(17,18)14-5-3-13(4-6-14)20-9-7-15/h3-6,12H,2,7-11H2,1H3. The van der Waals surface area contributed by atoms with Crippen molar-refractivity contribution in [3.63, 3.8) is 0 Å². The lowest BCUT2D eigenvalue weighted by Crippen LogP contribution is -2.48. The number of hydrogen-bond donors (Lipinski definition) is 0. The molecular formula is C14H20ClNO4S. The maximum Gasteiger partial charge on any atom is 0.243 e. The number of benzene rings is 1. The third-order valence-corrected chi connectivity index (χ3v) is 5.54. The van der Waals surface area contributed by atoms with Crippen molar-refractivity contribution in [2.75, 3.05) is 32.2 Å². The molecule has 1 saturated heterocycles. The predicted octanol–water partition coefficient (Wildman–Crippen LogP) is 2.10. The van der Waals surface area contributed by atoms with Crippen molar-refractivity contribution in [3.05, 3.63) is 24.3 Å². The molecule has 0 amide bonds. The Morgan fingerprint density at radius 2 is 2.10 bits per heavy atom. The Bertz CT molecular complexity index is 547. The lowest BCUT2D eigenvalue weighted by molar-refractivity contribution is 0.0314. The molecule has 0 N–H and O–H groups in total. The molecule has 0 aromatic heterocycles. The maximum atomic E-state index is 12.7. The van der Waals surface area contributed by atoms with Crippen molar-refractivity contribution in [2.24, 2.45) is 0 Å². The third-order valence-electron chi connectivity index (χ3n) is 3.42. The third kappa shape index (κ3) is 3.88. The summed E-state index contributed by atoms with van der Waals surface area (Å²) in [5.41, 5.74) is 0. The van der Waals surface area contributed by atoms with Gasteiger partial charge in [-0.05, 0) is 30.7 Å². The van der Waals surface area contributed by atoms with Crippen LogP contribution in [0.15, 0.2) is 29.2 Å². The van der Waals surface area contributed by atoms with Gasteiger partial charge in [0.25, 0.3) is 0 Å². The van der Waals surface area contributed by atoms with E-state index in [4.69, 9.17) is 21.1 Å². The number of hydrogen-bond acceptors (Lipinski definition) is 4. The minimum absolute atomic E-state index is 0.101. The lowest BCUT2D eigenvalue weighted by Gasteiger charge is -2.33. The highest BCUT2D eigenvalue weighted by Gasteiger charge is 2.32. The summed E-state index contributed by atoms with van der Waals surface area (Å²) in [6, 6.07) is 6.35. The molecule has 1 atom stereocenters. The largest absolute Gasteiger partial charge is 0.492 e. The molecular weight excluding hydrogens is 314 g/mol. The van der Waals surface area contributed by atoms with Crippen molar-refractivity contribution >= 4 is 21.6 Å². The van der Waals surface area contributed by atoms with Crippen molar-refractivity contribution in [3.8, 4) is 5.75 Å². The highest BCUT2D eigenvalue weighted by atomic mass is 35.5. The maximum absolute atomic E-state index is 12.7. The lowest BCUT2D eigenvalue weighted by atomic mass is 10.2. The fourth-order valence-corrected chi connectivity index (χ4v) is 4.02. The monoisotopic (exact) mass is 333 g/mol. The van der Waals surface area contributed by atoms with Crippen LogP contribution in [0.3, 0.4) is 0 Å². The first-order chi connectivity index (χ1) is 10.1. The summed E-state index contributed by atoms with van der Waals surface area (Å²) < 4.78 is 37.6. The fraction of sp³-hybridized carbons (Fsp3) is 0.571. The van der Waals surface area contributed by atoms with E-state index < -0.39 is 10.0 Å². The second kappa shape index (κ2) is 7.45. The highest BCUT2D eigenvalue weighted by molar-refractivity contribution is 7.89. The van der Waals surface area contributed by atoms with E-state index in [1.807, 2.05) is 6.92 Å². The van der Waals surface area contributed by atoms with E-state index in [9.17, 15) is 8.42 Å². The zero-order valence-electron chi connectivity index (χ0n) is 12.0. The SMILES string of the molecule is CCC1COCCN1S(=O)(=O)c1ccc(OCCCl)cc1. The van der Waals surface area contributed by atoms with Crippen LogP contribution in [0.4, 0.5) is 0 Å². The number of nitrogens with zero attached hydrogens (tertiary/aromatic N) is 1. The van der Waals surface area contributed by atoms with Gasteiger partial charge in [0.2, 0.25) is 10.0 Å². The molecule has 1 unspecified atom stereocenters. The Kier molecular flexibility index (Phi) is 5.87. The van der Waals surface area contributed by atoms with E-state index in [1.165, 1.54) is 4.31 Å². The zero-order chi connectivity index (χ0) is 15.3. The summed E-state index contributed by atoms with van der Waals surface area (Å²) in [6.07, 6.45) is 0.732. The van der Waals surface area contributed by atoms with Gasteiger partial charge in [0, 0.05) is 12.6 Å². The summed E-state index contributed by atoms with van der Waals surface area (Å²) in [4.78, 5) is 0.279. The first-order valence-electron chi connectivity index (χ1n) is 6.98. The van der Waals surface area contributed by atoms with Crippen LogP contribution in [0.5, 0.6) is 5.75 Å². The minimum Gasteiger partial charge on any atom is -0.492 e. The molecule has 1 aliphatic rings. The number of ether oxygens (including phenoxy) is 2. The fourth-order valence-electron chi connectivity index (χ4n) is 2.28. The normalized spacial score (nSPS) is 20.4. The van der Waals surface area contributed by atoms with Gasteiger partial charge in [-0.15, -0.1) is 11.6 Å². The smallest absolute Gasteiger partial charge is 0.243 e. The minimum atomic E-state index is -3.49. The average Bonchev–Trinajstić information content (AvgIpc) is 2.53. The van der Waals surface area contributed by atoms with E-state index in [2.05, 4.69) is 0 Å². The van der Waals surface area contributed by atoms with E-state index in [-0.39, 0.29) is 10.9 Å². The van der Waals surface area contributed by atoms with Gasteiger partial charge in [-0.1, -0.05) is 6.92 Å². The van der Waals surface area contributed by atoms with E-state index in [1.54, 1.807) is 24.3 Å². The van der Waals surface area contributed by atoms with Gasteiger partial charge in [-0.3, -0.25) is 0 Å². The molecule has 1 fully saturated rings. The average molecular weight is 334 g/mol. The Morgan fingerprint density at radius 3 is 2.71 bits per heavy atom. The van der Waals surface area contributed by atoms with Crippen molar-refractivity contribution in [1.82, 2.24) is 4.31 Å². The number of alkyl halides is 1. The summed E-state index contributed by atoms with van der Waals surface area (Å²) >= 11 is 5.55. The van der Waals surface area contributed by atoms with Crippen LogP contribution in [-0.4, -0.2) is 51.0 Å². The van der Waals surface area contributed by atoms with Crippen LogP contribution in [0.1, 0.15) is 13.3 Å². The summed E-state index contributed by atoms with van der Waals surface area (Å²) in [5.74, 6) is 1.01. The molecule has 21 heavy (non-hydrogen) atoms. The second-order valence-corrected chi connectivity index (χ2v) is 7.03. The number of rotatable bonds is 6. The van der Waals surface area contributed by atoms with Gasteiger partial charge in [-0.25, -0.2) is 8.42 Å². The van der Waals surface area contributed by atoms with Gasteiger partial charge < -0.3 is 9.47 Å². The topological polar surface area (TPSA) is 55.8 Å². The highest BCUT2D eigenvalue weighted by Crippen LogP contribution is 2.24. The quantitative estimate of drug-likeness (QED) is 0.748. The number of halogens is 1. The molecule has 1 aromatic carbocycles. The summed E-state index contributed by atoms with van der Waals surface area (Å²) in [5, 5.41) is 0. The van der Waals surface area contributed by atoms with Crippen molar-refractivity contribution < 1.29 is 17.9 Å². The molecule has 1 aromatic rings. The summed E-state index contributed by atoms with van der Waals surface area (Å²) in [6.45, 7) is 3.64. The zero-order valence-corrected chi connectivity index (χ0v) is 13.6. The van der Waals surface area contributed by atoms with Crippen LogP contribution >= 0.6 is 11.6 Å². The van der Waals surface area contributed by atoms with Crippen LogP contribution < -0.4 is 4.74 Å². The van der Waals surface area contributed by atoms with Gasteiger partial charge >= 0.3 is 0 Å². The molecule has 118 valence electrons. The summed E-state index contributed by atoms with van der Waals surface area (Å²) in [7, 11) is -3.49. The Labute approximate surface area is 130 Å². The molecule has 5 nitrogen and oxygen atoms in total. The van der Waals surface area contributed by atoms with Crippen molar-refractivity contribution in [1.29, 1.82) is 0 Å². The number of morpholine rings is 1. The Hall–Kier alpha value is -0.820. The van der Waals surface area contributed by atoms with Crippen LogP contribution in [0, 0.1) is 0 Å². The van der Waals surface area contributed by atoms with Crippen molar-refractivity contribution in [2.45, 2.75) is 24.3 Å². The van der Waals surface area contributed by atoms with Gasteiger partial charge in [0.1, 0.15) is 12.4 Å². The first-order valence-corrected chi connectivity index (χ1v) is 8.95. The molecule has 7 heteroatoms. The van der Waals surface area contributed by atoms with Gasteiger partial charge in [0.15, 0.2) is 0 Å². The predicted molar refractivity (Wildman–Crippen MR) is 81.4 cm³/mol. The molecule has 0 spiro atoms. The van der Waals surface area contributed by atoms with E-state index in [0.717, 1.165) is 6.42 Å². The molecule has 0 aliphatic carbocycles. The van der Waals surface area contributed by atoms with Gasteiger partial charge in [0.05, 0.1) is 24.0 Å². The molecule has 1 aliphatic heterocycles. The molecule has 2 rings (SSSR count). The Balaban J connectivity index is 2.18. The molecule has 0 radical (unpaired) electrons. The van der Waals surface area contributed by atoms with E-state index in [0.29, 0.717) is 38.0 Å².